The fourth-order valence-corrected chi connectivity index (χ4v) is 4.92. The molecule has 1 aromatic heterocycles. The van der Waals surface area contributed by atoms with E-state index in [4.69, 9.17) is 0 Å². The van der Waals surface area contributed by atoms with Gasteiger partial charge in [0.25, 0.3) is 11.8 Å². The van der Waals surface area contributed by atoms with Gasteiger partial charge in [0.2, 0.25) is 0 Å². The summed E-state index contributed by atoms with van der Waals surface area (Å²) in [7, 11) is 0. The van der Waals surface area contributed by atoms with Crippen molar-refractivity contribution in [3.8, 4) is 0 Å². The van der Waals surface area contributed by atoms with Crippen LogP contribution in [-0.4, -0.2) is 58.9 Å². The minimum atomic E-state index is -0.936. The summed E-state index contributed by atoms with van der Waals surface area (Å²) >= 11 is 0. The molecule has 7 heteroatoms. The number of alkyl halides is 1. The first kappa shape index (κ1) is 20.0. The van der Waals surface area contributed by atoms with Gasteiger partial charge >= 0.3 is 0 Å². The molecule has 3 aliphatic heterocycles. The lowest BCUT2D eigenvalue weighted by Gasteiger charge is -2.32. The van der Waals surface area contributed by atoms with Gasteiger partial charge in [-0.3, -0.25) is 9.59 Å². The van der Waals surface area contributed by atoms with Crippen LogP contribution >= 0.6 is 0 Å². The van der Waals surface area contributed by atoms with E-state index in [-0.39, 0.29) is 18.4 Å². The van der Waals surface area contributed by atoms with Gasteiger partial charge in [0.15, 0.2) is 0 Å². The third-order valence-electron chi connectivity index (χ3n) is 6.59. The smallest absolute Gasteiger partial charge is 0.255 e. The van der Waals surface area contributed by atoms with Crippen LogP contribution < -0.4 is 4.90 Å². The molecule has 0 aliphatic carbocycles. The number of aryl methyl sites for hydroxylation is 1. The number of hydrogen-bond acceptors (Lipinski definition) is 4. The Balaban J connectivity index is 1.41. The number of aromatic nitrogens is 1. The second-order valence-electron chi connectivity index (χ2n) is 8.61. The molecule has 2 amide bonds. The van der Waals surface area contributed by atoms with Crippen LogP contribution in [0.3, 0.4) is 0 Å². The molecule has 3 aliphatic rings. The zero-order valence-electron chi connectivity index (χ0n) is 17.8. The molecular formula is C24H27FN4O2. The molecule has 0 radical (unpaired) electrons. The lowest BCUT2D eigenvalue weighted by molar-refractivity contribution is 0.0635. The highest BCUT2D eigenvalue weighted by molar-refractivity contribution is 5.99. The van der Waals surface area contributed by atoms with Crippen molar-refractivity contribution in [3.05, 3.63) is 52.7 Å². The normalized spacial score (nSPS) is 20.6. The van der Waals surface area contributed by atoms with Gasteiger partial charge in [-0.05, 0) is 68.0 Å². The van der Waals surface area contributed by atoms with E-state index in [1.54, 1.807) is 11.1 Å². The van der Waals surface area contributed by atoms with Gasteiger partial charge in [-0.15, -0.1) is 0 Å². The Morgan fingerprint density at radius 3 is 2.87 bits per heavy atom. The Kier molecular flexibility index (Phi) is 5.12. The number of halogens is 1. The SMILES string of the molecule is CCN1Cc2cc(N3CCCc4cc(C(=O)N5CCC[C@H](F)C5)cnc43)ccc2C1=O. The summed E-state index contributed by atoms with van der Waals surface area (Å²) in [6.07, 6.45) is 3.74. The molecule has 4 heterocycles. The molecule has 0 bridgehead atoms. The van der Waals surface area contributed by atoms with Gasteiger partial charge in [-0.25, -0.2) is 9.37 Å². The van der Waals surface area contributed by atoms with Gasteiger partial charge in [0, 0.05) is 43.6 Å². The average molecular weight is 423 g/mol. The largest absolute Gasteiger partial charge is 0.336 e. The van der Waals surface area contributed by atoms with E-state index < -0.39 is 6.17 Å². The summed E-state index contributed by atoms with van der Waals surface area (Å²) in [5.41, 5.74) is 4.43. The van der Waals surface area contributed by atoms with E-state index in [1.165, 1.54) is 0 Å². The van der Waals surface area contributed by atoms with Crippen LogP contribution in [0.2, 0.25) is 0 Å². The second kappa shape index (κ2) is 7.94. The number of amides is 2. The number of anilines is 2. The maximum Gasteiger partial charge on any atom is 0.255 e. The lowest BCUT2D eigenvalue weighted by Crippen LogP contribution is -2.40. The maximum atomic E-state index is 13.7. The van der Waals surface area contributed by atoms with E-state index in [0.29, 0.717) is 38.0 Å². The number of carbonyl (C=O) groups excluding carboxylic acids is 2. The van der Waals surface area contributed by atoms with Gasteiger partial charge in [0.05, 0.1) is 12.1 Å². The van der Waals surface area contributed by atoms with E-state index in [2.05, 4.69) is 16.0 Å². The average Bonchev–Trinajstić information content (AvgIpc) is 3.12. The van der Waals surface area contributed by atoms with Crippen LogP contribution in [0.25, 0.3) is 0 Å². The number of fused-ring (bicyclic) bond motifs is 2. The Bertz CT molecular complexity index is 1040. The first-order chi connectivity index (χ1) is 15.0. The minimum Gasteiger partial charge on any atom is -0.336 e. The van der Waals surface area contributed by atoms with Crippen LogP contribution in [-0.2, 0) is 13.0 Å². The molecule has 1 fully saturated rings. The molecule has 5 rings (SSSR count). The highest BCUT2D eigenvalue weighted by Crippen LogP contribution is 2.35. The first-order valence-corrected chi connectivity index (χ1v) is 11.2. The van der Waals surface area contributed by atoms with E-state index >= 15 is 0 Å². The molecule has 0 unspecified atom stereocenters. The highest BCUT2D eigenvalue weighted by atomic mass is 19.1. The highest BCUT2D eigenvalue weighted by Gasteiger charge is 2.29. The summed E-state index contributed by atoms with van der Waals surface area (Å²) in [6, 6.07) is 7.92. The standard InChI is InChI=1S/C24H27FN4O2/c1-2-27-14-18-12-20(7-8-21(18)24(27)31)29-10-3-5-16-11-17(13-26-22(16)29)23(30)28-9-4-6-19(25)15-28/h7-8,11-13,19H,2-6,9-10,14-15H2,1H3/t19-/m0/s1. The molecule has 31 heavy (non-hydrogen) atoms. The van der Waals surface area contributed by atoms with Gasteiger partial charge in [0.1, 0.15) is 12.0 Å². The fraction of sp³-hybridized carbons (Fsp3) is 0.458. The summed E-state index contributed by atoms with van der Waals surface area (Å²) in [5.74, 6) is 0.824. The maximum absolute atomic E-state index is 13.7. The quantitative estimate of drug-likeness (QED) is 0.757. The number of benzene rings is 1. The second-order valence-corrected chi connectivity index (χ2v) is 8.61. The van der Waals surface area contributed by atoms with Crippen molar-refractivity contribution in [1.29, 1.82) is 0 Å². The van der Waals surface area contributed by atoms with Crippen molar-refractivity contribution in [3.63, 3.8) is 0 Å². The third-order valence-corrected chi connectivity index (χ3v) is 6.59. The first-order valence-electron chi connectivity index (χ1n) is 11.2. The lowest BCUT2D eigenvalue weighted by atomic mass is 10.0. The fourth-order valence-electron chi connectivity index (χ4n) is 4.92. The summed E-state index contributed by atoms with van der Waals surface area (Å²) in [5, 5.41) is 0. The van der Waals surface area contributed by atoms with E-state index in [0.717, 1.165) is 47.6 Å². The molecule has 0 saturated carbocycles. The van der Waals surface area contributed by atoms with Crippen LogP contribution in [0, 0.1) is 0 Å². The molecule has 2 aromatic rings. The van der Waals surface area contributed by atoms with Crippen molar-refractivity contribution >= 4 is 23.3 Å². The summed E-state index contributed by atoms with van der Waals surface area (Å²) < 4.78 is 13.7. The Hall–Kier alpha value is -2.96. The van der Waals surface area contributed by atoms with E-state index in [9.17, 15) is 14.0 Å². The molecule has 1 aromatic carbocycles. The van der Waals surface area contributed by atoms with Gasteiger partial charge in [-0.2, -0.15) is 0 Å². The molecule has 162 valence electrons. The monoisotopic (exact) mass is 422 g/mol. The van der Waals surface area contributed by atoms with Crippen LogP contribution in [0.5, 0.6) is 0 Å². The topological polar surface area (TPSA) is 56.8 Å². The minimum absolute atomic E-state index is 0.0950. The van der Waals surface area contributed by atoms with Crippen LogP contribution in [0.4, 0.5) is 15.9 Å². The van der Waals surface area contributed by atoms with Crippen molar-refractivity contribution in [1.82, 2.24) is 14.8 Å². The zero-order chi connectivity index (χ0) is 21.5. The molecule has 1 saturated heterocycles. The number of carbonyl (C=O) groups is 2. The third kappa shape index (κ3) is 3.56. The van der Waals surface area contributed by atoms with Crippen molar-refractivity contribution in [2.75, 3.05) is 31.1 Å². The number of hydrogen-bond donors (Lipinski definition) is 0. The van der Waals surface area contributed by atoms with Gasteiger partial charge in [-0.1, -0.05) is 0 Å². The number of nitrogens with zero attached hydrogens (tertiary/aromatic N) is 4. The number of piperidine rings is 1. The molecule has 0 N–H and O–H groups in total. The van der Waals surface area contributed by atoms with Crippen LogP contribution in [0.1, 0.15) is 58.0 Å². The number of pyridine rings is 1. The Morgan fingerprint density at radius 1 is 1.19 bits per heavy atom. The summed E-state index contributed by atoms with van der Waals surface area (Å²) in [6.45, 7) is 4.95. The molecule has 0 spiro atoms. The van der Waals surface area contributed by atoms with Crippen LogP contribution in [0.15, 0.2) is 30.5 Å². The van der Waals surface area contributed by atoms with Gasteiger partial charge < -0.3 is 14.7 Å². The predicted molar refractivity (Wildman–Crippen MR) is 116 cm³/mol. The Morgan fingerprint density at radius 2 is 2.06 bits per heavy atom. The molecule has 6 nitrogen and oxygen atoms in total. The van der Waals surface area contributed by atoms with Crippen molar-refractivity contribution < 1.29 is 14.0 Å². The predicted octanol–water partition coefficient (Wildman–Crippen LogP) is 3.72. The molecular weight excluding hydrogens is 395 g/mol. The Labute approximate surface area is 181 Å². The number of rotatable bonds is 3. The van der Waals surface area contributed by atoms with Crippen molar-refractivity contribution in [2.24, 2.45) is 0 Å². The van der Waals surface area contributed by atoms with Crippen molar-refractivity contribution in [2.45, 2.75) is 45.3 Å². The molecule has 1 atom stereocenters. The number of likely N-dealkylation sites (tertiary alicyclic amines) is 1. The van der Waals surface area contributed by atoms with E-state index in [1.807, 2.05) is 30.0 Å². The zero-order valence-corrected chi connectivity index (χ0v) is 17.8. The summed E-state index contributed by atoms with van der Waals surface area (Å²) in [4.78, 5) is 35.6.